The van der Waals surface area contributed by atoms with Gasteiger partial charge in [0.2, 0.25) is 0 Å². The number of ether oxygens (including phenoxy) is 2. The summed E-state index contributed by atoms with van der Waals surface area (Å²) in [5.74, 6) is 2.59. The Labute approximate surface area is 283 Å². The highest BCUT2D eigenvalue weighted by Crippen LogP contribution is 2.63. The fourth-order valence-electron chi connectivity index (χ4n) is 9.01. The first-order chi connectivity index (χ1) is 22.4. The minimum absolute atomic E-state index is 0.0652. The first-order valence-corrected chi connectivity index (χ1v) is 18.9. The molecule has 1 saturated carbocycles. The van der Waals surface area contributed by atoms with Crippen molar-refractivity contribution in [3.63, 3.8) is 0 Å². The Morgan fingerprint density at radius 1 is 0.894 bits per heavy atom. The van der Waals surface area contributed by atoms with Gasteiger partial charge in [-0.2, -0.15) is 0 Å². The topological polar surface area (TPSA) is 110 Å². The molecular weight excluding hydrogens is 592 g/mol. The van der Waals surface area contributed by atoms with Crippen LogP contribution in [0, 0.1) is 29.6 Å². The number of carbonyl (C=O) groups excluding carboxylic acids is 3. The molecule has 9 unspecified atom stereocenters. The van der Waals surface area contributed by atoms with Gasteiger partial charge in [-0.1, -0.05) is 72.8 Å². The first-order valence-electron chi connectivity index (χ1n) is 18.9. The summed E-state index contributed by atoms with van der Waals surface area (Å²) in [6.07, 6.45) is 11.6. The highest BCUT2D eigenvalue weighted by atomic mass is 16.6. The van der Waals surface area contributed by atoms with Crippen LogP contribution >= 0.6 is 0 Å². The van der Waals surface area contributed by atoms with E-state index in [0.29, 0.717) is 29.8 Å². The number of benzene rings is 1. The summed E-state index contributed by atoms with van der Waals surface area (Å²) in [5.41, 5.74) is 2.21. The van der Waals surface area contributed by atoms with Crippen LogP contribution in [0.25, 0.3) is 0 Å². The van der Waals surface area contributed by atoms with Gasteiger partial charge in [-0.15, -0.1) is 0 Å². The molecule has 1 aromatic rings. The maximum absolute atomic E-state index is 12.9. The summed E-state index contributed by atoms with van der Waals surface area (Å²) in [6.45, 7) is 12.1. The third-order valence-corrected chi connectivity index (χ3v) is 12.2. The van der Waals surface area contributed by atoms with Crippen molar-refractivity contribution in [1.82, 2.24) is 0 Å². The third-order valence-electron chi connectivity index (χ3n) is 12.2. The number of aliphatic hydroxyl groups excluding tert-OH is 1. The van der Waals surface area contributed by atoms with Crippen LogP contribution in [-0.4, -0.2) is 46.1 Å². The van der Waals surface area contributed by atoms with Crippen molar-refractivity contribution in [2.45, 2.75) is 168 Å². The van der Waals surface area contributed by atoms with E-state index in [1.807, 2.05) is 20.8 Å². The van der Waals surface area contributed by atoms with E-state index in [9.17, 15) is 24.6 Å². The van der Waals surface area contributed by atoms with Crippen molar-refractivity contribution in [2.24, 2.45) is 29.6 Å². The molecule has 0 saturated heterocycles. The molecule has 1 aromatic carbocycles. The summed E-state index contributed by atoms with van der Waals surface area (Å²) in [7, 11) is 0. The van der Waals surface area contributed by atoms with Crippen molar-refractivity contribution in [1.29, 1.82) is 0 Å². The van der Waals surface area contributed by atoms with E-state index in [-0.39, 0.29) is 65.5 Å². The fourth-order valence-corrected chi connectivity index (χ4v) is 9.01. The lowest BCUT2D eigenvalue weighted by Gasteiger charge is -2.53. The molecule has 0 bridgehead atoms. The number of ketones is 3. The largest absolute Gasteiger partial charge is 0.504 e. The molecule has 7 nitrogen and oxygen atoms in total. The molecule has 7 heteroatoms. The molecule has 2 aliphatic carbocycles. The molecule has 2 N–H and O–H groups in total. The lowest BCUT2D eigenvalue weighted by Crippen LogP contribution is -2.59. The number of Topliss-reactive ketones (excluding diaryl/α,β-unsaturated/α-hetero) is 3. The van der Waals surface area contributed by atoms with Gasteiger partial charge in [0.25, 0.3) is 0 Å². The van der Waals surface area contributed by atoms with E-state index in [1.54, 1.807) is 13.0 Å². The summed E-state index contributed by atoms with van der Waals surface area (Å²) in [4.78, 5) is 36.9. The van der Waals surface area contributed by atoms with Gasteiger partial charge in [0.05, 0.1) is 6.10 Å². The van der Waals surface area contributed by atoms with Crippen LogP contribution in [0.3, 0.4) is 0 Å². The predicted octanol–water partition coefficient (Wildman–Crippen LogP) is 8.42. The van der Waals surface area contributed by atoms with E-state index in [0.717, 1.165) is 89.0 Å². The van der Waals surface area contributed by atoms with E-state index in [1.165, 1.54) is 5.56 Å². The zero-order chi connectivity index (χ0) is 34.3. The van der Waals surface area contributed by atoms with E-state index in [2.05, 4.69) is 19.9 Å². The quantitative estimate of drug-likeness (QED) is 0.101. The molecule has 0 aromatic heterocycles. The Bertz CT molecular complexity index is 1230. The highest BCUT2D eigenvalue weighted by molar-refractivity contribution is 5.81. The molecule has 264 valence electrons. The van der Waals surface area contributed by atoms with Gasteiger partial charge in [0, 0.05) is 48.0 Å². The monoisotopic (exact) mass is 654 g/mol. The van der Waals surface area contributed by atoms with Gasteiger partial charge in [-0.05, 0) is 81.8 Å². The van der Waals surface area contributed by atoms with Crippen molar-refractivity contribution < 1.29 is 34.1 Å². The van der Waals surface area contributed by atoms with Gasteiger partial charge in [-0.25, -0.2) is 0 Å². The van der Waals surface area contributed by atoms with Crippen LogP contribution < -0.4 is 4.74 Å². The molecule has 3 aliphatic rings. The number of unbranched alkanes of at least 4 members (excludes halogenated alkanes) is 3. The van der Waals surface area contributed by atoms with E-state index in [4.69, 9.17) is 9.47 Å². The molecule has 4 rings (SSSR count). The number of carbonyl (C=O) groups is 3. The maximum Gasteiger partial charge on any atom is 0.165 e. The smallest absolute Gasteiger partial charge is 0.165 e. The minimum atomic E-state index is -1.04. The van der Waals surface area contributed by atoms with Gasteiger partial charge in [0.1, 0.15) is 23.5 Å². The highest BCUT2D eigenvalue weighted by Gasteiger charge is 2.62. The number of phenolic OH excluding ortho intramolecular Hbond substituents is 1. The Morgan fingerprint density at radius 3 is 2.17 bits per heavy atom. The van der Waals surface area contributed by atoms with Crippen LogP contribution in [0.1, 0.15) is 149 Å². The van der Waals surface area contributed by atoms with E-state index < -0.39 is 6.29 Å². The summed E-state index contributed by atoms with van der Waals surface area (Å²) in [5, 5.41) is 21.7. The standard InChI is InChI=1S/C40H62O7/c1-7-29-24-30-18-20-34(44)38-37(30)40(8-2)31(29)19-22-35(39(40)47-38)46-36(45)23-21-33(43)27(5)15-10-9-11-17-32(42)26(4)16-13-12-14-25(3)28(6)41/h18,20,25-27,29,31,35-36,39,44-45H,7-17,19,21-24H2,1-6H3. The number of hydrogen-bond acceptors (Lipinski definition) is 7. The molecule has 0 amide bonds. The Balaban J connectivity index is 1.17. The molecule has 47 heavy (non-hydrogen) atoms. The Morgan fingerprint density at radius 2 is 1.53 bits per heavy atom. The van der Waals surface area contributed by atoms with Crippen molar-refractivity contribution >= 4 is 17.3 Å². The fraction of sp³-hybridized carbons (Fsp3) is 0.775. The van der Waals surface area contributed by atoms with Gasteiger partial charge < -0.3 is 19.7 Å². The number of phenols is 1. The first kappa shape index (κ1) is 37.6. The summed E-state index contributed by atoms with van der Waals surface area (Å²) in [6, 6.07) is 3.81. The second-order valence-corrected chi connectivity index (χ2v) is 15.2. The normalized spacial score (nSPS) is 27.0. The summed E-state index contributed by atoms with van der Waals surface area (Å²) < 4.78 is 12.8. The predicted molar refractivity (Wildman–Crippen MR) is 185 cm³/mol. The third kappa shape index (κ3) is 8.49. The second-order valence-electron chi connectivity index (χ2n) is 15.2. The van der Waals surface area contributed by atoms with Gasteiger partial charge in [-0.3, -0.25) is 14.4 Å². The summed E-state index contributed by atoms with van der Waals surface area (Å²) >= 11 is 0. The molecule has 0 radical (unpaired) electrons. The van der Waals surface area contributed by atoms with Gasteiger partial charge in [0.15, 0.2) is 17.8 Å². The van der Waals surface area contributed by atoms with Gasteiger partial charge >= 0.3 is 0 Å². The maximum atomic E-state index is 12.9. The minimum Gasteiger partial charge on any atom is -0.504 e. The average molecular weight is 655 g/mol. The zero-order valence-electron chi connectivity index (χ0n) is 30.0. The van der Waals surface area contributed by atoms with Crippen molar-refractivity contribution in [3.05, 3.63) is 23.3 Å². The number of rotatable bonds is 21. The number of aliphatic hydroxyl groups is 1. The van der Waals surface area contributed by atoms with E-state index >= 15 is 0 Å². The number of hydrogen-bond donors (Lipinski definition) is 2. The van der Waals surface area contributed by atoms with Crippen LogP contribution in [-0.2, 0) is 31.0 Å². The molecule has 0 spiro atoms. The number of aromatic hydroxyl groups is 1. The van der Waals surface area contributed by atoms with Crippen LogP contribution in [0.15, 0.2) is 12.1 Å². The van der Waals surface area contributed by atoms with Crippen LogP contribution in [0.4, 0.5) is 0 Å². The van der Waals surface area contributed by atoms with Crippen LogP contribution in [0.5, 0.6) is 11.5 Å². The van der Waals surface area contributed by atoms with Crippen molar-refractivity contribution in [2.75, 3.05) is 0 Å². The van der Waals surface area contributed by atoms with Crippen LogP contribution in [0.2, 0.25) is 0 Å². The second kappa shape index (κ2) is 16.9. The van der Waals surface area contributed by atoms with Crippen molar-refractivity contribution in [3.8, 4) is 11.5 Å². The average Bonchev–Trinajstić information content (AvgIpc) is 3.43. The Kier molecular flexibility index (Phi) is 13.5. The molecule has 1 heterocycles. The molecule has 1 fully saturated rings. The lowest BCUT2D eigenvalue weighted by molar-refractivity contribution is -0.191. The lowest BCUT2D eigenvalue weighted by atomic mass is 9.51. The SMILES string of the molecule is CCC1Cc2ccc(O)c3c2C2(CC)C1CCC(OC(O)CCC(=O)C(C)CCCCCC(=O)C(C)CCCCC(C)C(C)=O)C2O3. The Hall–Kier alpha value is -2.25. The zero-order valence-corrected chi connectivity index (χ0v) is 30.0. The molecule has 1 aliphatic heterocycles. The molecule has 9 atom stereocenters. The molecular formula is C40H62O7.